The maximum Gasteiger partial charge on any atom is 0.329 e. The number of Topliss-reactive ketones (excluding diaryl/α,β-unsaturated/α-hetero) is 1. The summed E-state index contributed by atoms with van der Waals surface area (Å²) >= 11 is 1.28. The van der Waals surface area contributed by atoms with Crippen LogP contribution in [-0.2, 0) is 18.4 Å². The number of thioether (sulfide) groups is 1. The molecule has 0 saturated heterocycles. The standard InChI is InChI=1S/C12H16N4O3S/c1-4-5-16-8-9(13-12(16)20-6-7(2)17)15(3)11(19)14-10(8)18/h4-6H2,1-3H3,(H,14,18,19). The molecule has 2 aromatic heterocycles. The average Bonchev–Trinajstić information content (AvgIpc) is 2.74. The lowest BCUT2D eigenvalue weighted by Crippen LogP contribution is -2.29. The summed E-state index contributed by atoms with van der Waals surface area (Å²) in [6.07, 6.45) is 0.821. The number of aromatic amines is 1. The van der Waals surface area contributed by atoms with Crippen LogP contribution in [0.1, 0.15) is 20.3 Å². The van der Waals surface area contributed by atoms with Gasteiger partial charge in [-0.25, -0.2) is 9.78 Å². The van der Waals surface area contributed by atoms with E-state index in [-0.39, 0.29) is 5.78 Å². The topological polar surface area (TPSA) is 89.8 Å². The molecule has 2 heterocycles. The van der Waals surface area contributed by atoms with Gasteiger partial charge in [0.15, 0.2) is 16.3 Å². The highest BCUT2D eigenvalue weighted by atomic mass is 32.2. The van der Waals surface area contributed by atoms with E-state index in [2.05, 4.69) is 9.97 Å². The van der Waals surface area contributed by atoms with Crippen molar-refractivity contribution in [3.05, 3.63) is 20.8 Å². The number of fused-ring (bicyclic) bond motifs is 1. The molecule has 0 radical (unpaired) electrons. The maximum absolute atomic E-state index is 12.0. The number of hydrogen-bond acceptors (Lipinski definition) is 5. The molecule has 7 nitrogen and oxygen atoms in total. The first-order chi connectivity index (χ1) is 9.45. The lowest BCUT2D eigenvalue weighted by Gasteiger charge is -2.05. The third kappa shape index (κ3) is 2.55. The number of nitrogens with zero attached hydrogens (tertiary/aromatic N) is 3. The molecule has 0 bridgehead atoms. The van der Waals surface area contributed by atoms with Crippen LogP contribution in [-0.4, -0.2) is 30.6 Å². The molecule has 8 heteroatoms. The molecular formula is C12H16N4O3S. The second-order valence-electron chi connectivity index (χ2n) is 4.53. The minimum atomic E-state index is -0.494. The van der Waals surface area contributed by atoms with Gasteiger partial charge >= 0.3 is 5.69 Å². The van der Waals surface area contributed by atoms with E-state index < -0.39 is 11.2 Å². The van der Waals surface area contributed by atoms with E-state index in [0.29, 0.717) is 28.6 Å². The Hall–Kier alpha value is -1.83. The molecule has 0 saturated carbocycles. The Bertz CT molecular complexity index is 771. The average molecular weight is 296 g/mol. The maximum atomic E-state index is 12.0. The molecule has 0 amide bonds. The molecule has 0 fully saturated rings. The normalized spacial score (nSPS) is 11.2. The number of aryl methyl sites for hydroxylation is 2. The Morgan fingerprint density at radius 2 is 2.10 bits per heavy atom. The van der Waals surface area contributed by atoms with Crippen molar-refractivity contribution < 1.29 is 4.79 Å². The van der Waals surface area contributed by atoms with Gasteiger partial charge in [0, 0.05) is 13.6 Å². The lowest BCUT2D eigenvalue weighted by atomic mass is 10.4. The SMILES string of the molecule is CCCn1c(SCC(C)=O)nc2c1c(=O)[nH]c(=O)n2C. The van der Waals surface area contributed by atoms with E-state index in [4.69, 9.17) is 0 Å². The number of hydrogen-bond donors (Lipinski definition) is 1. The third-order valence-electron chi connectivity index (χ3n) is 2.82. The first-order valence-electron chi connectivity index (χ1n) is 6.27. The summed E-state index contributed by atoms with van der Waals surface area (Å²) in [7, 11) is 1.56. The molecule has 2 aromatic rings. The molecule has 0 aliphatic rings. The number of aromatic nitrogens is 4. The van der Waals surface area contributed by atoms with Crippen molar-refractivity contribution in [2.24, 2.45) is 7.05 Å². The van der Waals surface area contributed by atoms with Gasteiger partial charge in [-0.2, -0.15) is 0 Å². The van der Waals surface area contributed by atoms with Crippen LogP contribution in [0, 0.1) is 0 Å². The fourth-order valence-electron chi connectivity index (χ4n) is 1.92. The Balaban J connectivity index is 2.69. The van der Waals surface area contributed by atoms with Gasteiger partial charge in [0.05, 0.1) is 5.75 Å². The largest absolute Gasteiger partial charge is 0.329 e. The monoisotopic (exact) mass is 296 g/mol. The van der Waals surface area contributed by atoms with Gasteiger partial charge in [-0.1, -0.05) is 18.7 Å². The van der Waals surface area contributed by atoms with Crippen molar-refractivity contribution in [1.82, 2.24) is 19.1 Å². The summed E-state index contributed by atoms with van der Waals surface area (Å²) in [5, 5.41) is 0.587. The fraction of sp³-hybridized carbons (Fsp3) is 0.500. The van der Waals surface area contributed by atoms with Crippen LogP contribution >= 0.6 is 11.8 Å². The zero-order valence-corrected chi connectivity index (χ0v) is 12.4. The van der Waals surface area contributed by atoms with Crippen molar-refractivity contribution in [2.75, 3.05) is 5.75 Å². The smallest absolute Gasteiger partial charge is 0.313 e. The highest BCUT2D eigenvalue weighted by molar-refractivity contribution is 7.99. The number of H-pyrrole nitrogens is 1. The summed E-state index contributed by atoms with van der Waals surface area (Å²) in [4.78, 5) is 41.3. The van der Waals surface area contributed by atoms with Crippen LogP contribution in [0.5, 0.6) is 0 Å². The second kappa shape index (κ2) is 5.66. The highest BCUT2D eigenvalue weighted by Gasteiger charge is 2.17. The first kappa shape index (κ1) is 14.6. The fourth-order valence-corrected chi connectivity index (χ4v) is 2.74. The minimum Gasteiger partial charge on any atom is -0.313 e. The zero-order chi connectivity index (χ0) is 14.9. The van der Waals surface area contributed by atoms with Gasteiger partial charge < -0.3 is 4.57 Å². The molecule has 0 aliphatic heterocycles. The van der Waals surface area contributed by atoms with Gasteiger partial charge in [0.2, 0.25) is 0 Å². The van der Waals surface area contributed by atoms with Crippen LogP contribution in [0.2, 0.25) is 0 Å². The summed E-state index contributed by atoms with van der Waals surface area (Å²) in [6, 6.07) is 0. The van der Waals surface area contributed by atoms with Crippen LogP contribution in [0.25, 0.3) is 11.2 Å². The van der Waals surface area contributed by atoms with Crippen molar-refractivity contribution in [1.29, 1.82) is 0 Å². The number of nitrogens with one attached hydrogen (secondary N) is 1. The summed E-state index contributed by atoms with van der Waals surface area (Å²) in [6.45, 7) is 4.10. The molecule has 20 heavy (non-hydrogen) atoms. The molecule has 0 spiro atoms. The Morgan fingerprint density at radius 3 is 2.70 bits per heavy atom. The second-order valence-corrected chi connectivity index (χ2v) is 5.47. The van der Waals surface area contributed by atoms with Gasteiger partial charge in [0.1, 0.15) is 5.78 Å². The Labute approximate surface area is 119 Å². The minimum absolute atomic E-state index is 0.0351. The summed E-state index contributed by atoms with van der Waals surface area (Å²) in [5.74, 6) is 0.326. The van der Waals surface area contributed by atoms with E-state index in [1.807, 2.05) is 6.92 Å². The van der Waals surface area contributed by atoms with Gasteiger partial charge in [-0.05, 0) is 13.3 Å². The Morgan fingerprint density at radius 1 is 1.40 bits per heavy atom. The summed E-state index contributed by atoms with van der Waals surface area (Å²) < 4.78 is 3.07. The third-order valence-corrected chi connectivity index (χ3v) is 3.94. The van der Waals surface area contributed by atoms with Crippen molar-refractivity contribution in [3.63, 3.8) is 0 Å². The van der Waals surface area contributed by atoms with Gasteiger partial charge in [0.25, 0.3) is 5.56 Å². The highest BCUT2D eigenvalue weighted by Crippen LogP contribution is 2.21. The van der Waals surface area contributed by atoms with Crippen LogP contribution in [0.15, 0.2) is 14.7 Å². The molecule has 1 N–H and O–H groups in total. The number of carbonyl (C=O) groups is 1. The number of carbonyl (C=O) groups excluding carboxylic acids is 1. The van der Waals surface area contributed by atoms with Gasteiger partial charge in [-0.3, -0.25) is 19.1 Å². The molecule has 0 aliphatic carbocycles. The Kier molecular flexibility index (Phi) is 4.12. The van der Waals surface area contributed by atoms with Crippen molar-refractivity contribution in [3.8, 4) is 0 Å². The van der Waals surface area contributed by atoms with E-state index in [0.717, 1.165) is 6.42 Å². The first-order valence-corrected chi connectivity index (χ1v) is 7.26. The number of ketones is 1. The summed E-state index contributed by atoms with van der Waals surface area (Å²) in [5.41, 5.74) is -0.219. The van der Waals surface area contributed by atoms with Crippen LogP contribution in [0.4, 0.5) is 0 Å². The molecule has 0 aromatic carbocycles. The van der Waals surface area contributed by atoms with E-state index in [9.17, 15) is 14.4 Å². The van der Waals surface area contributed by atoms with Crippen molar-refractivity contribution in [2.45, 2.75) is 32.0 Å². The van der Waals surface area contributed by atoms with E-state index in [1.54, 1.807) is 11.6 Å². The van der Waals surface area contributed by atoms with E-state index >= 15 is 0 Å². The molecule has 2 rings (SSSR count). The van der Waals surface area contributed by atoms with Crippen LogP contribution < -0.4 is 11.2 Å². The van der Waals surface area contributed by atoms with Gasteiger partial charge in [-0.15, -0.1) is 0 Å². The van der Waals surface area contributed by atoms with Crippen molar-refractivity contribution >= 4 is 28.7 Å². The predicted molar refractivity (Wildman–Crippen MR) is 77.3 cm³/mol. The molecule has 0 unspecified atom stereocenters. The molecule has 0 atom stereocenters. The molecular weight excluding hydrogens is 280 g/mol. The number of rotatable bonds is 5. The molecule has 108 valence electrons. The van der Waals surface area contributed by atoms with E-state index in [1.165, 1.54) is 23.3 Å². The lowest BCUT2D eigenvalue weighted by molar-refractivity contribution is -0.114. The zero-order valence-electron chi connectivity index (χ0n) is 11.6. The quantitative estimate of drug-likeness (QED) is 0.812. The van der Waals surface area contributed by atoms with Crippen LogP contribution in [0.3, 0.4) is 0 Å². The number of imidazole rings is 1. The predicted octanol–water partition coefficient (Wildman–Crippen LogP) is 0.514.